The van der Waals surface area contributed by atoms with Crippen molar-refractivity contribution < 1.29 is 9.53 Å². The smallest absolute Gasteiger partial charge is 0.308 e. The Kier molecular flexibility index (Phi) is 4.15. The molecule has 98 valence electrons. The van der Waals surface area contributed by atoms with E-state index in [9.17, 15) is 4.79 Å². The number of nitrogens with zero attached hydrogens (tertiary/aromatic N) is 2. The summed E-state index contributed by atoms with van der Waals surface area (Å²) in [5, 5.41) is 0. The molecular formula is C13H19N3O2. The Hall–Kier alpha value is -1.62. The average molecular weight is 249 g/mol. The molecule has 1 saturated heterocycles. The Morgan fingerprint density at radius 2 is 2.22 bits per heavy atom. The molecule has 2 heterocycles. The van der Waals surface area contributed by atoms with Gasteiger partial charge in [-0.1, -0.05) is 6.07 Å². The number of hydrogen-bond acceptors (Lipinski definition) is 5. The molecule has 0 aliphatic carbocycles. The lowest BCUT2D eigenvalue weighted by atomic mass is 9.97. The van der Waals surface area contributed by atoms with Crippen molar-refractivity contribution in [3.8, 4) is 0 Å². The van der Waals surface area contributed by atoms with Crippen LogP contribution in [0, 0.1) is 5.92 Å². The van der Waals surface area contributed by atoms with Gasteiger partial charge in [0.25, 0.3) is 0 Å². The van der Waals surface area contributed by atoms with Crippen molar-refractivity contribution in [3.63, 3.8) is 0 Å². The lowest BCUT2D eigenvalue weighted by molar-refractivity contribution is -0.146. The number of nitrogens with two attached hydrogens (primary N) is 1. The van der Waals surface area contributed by atoms with E-state index < -0.39 is 0 Å². The zero-order valence-corrected chi connectivity index (χ0v) is 10.6. The van der Waals surface area contributed by atoms with Gasteiger partial charge in [-0.2, -0.15) is 0 Å². The van der Waals surface area contributed by atoms with E-state index in [1.165, 1.54) is 7.11 Å². The fraction of sp³-hybridized carbons (Fsp3) is 0.538. The van der Waals surface area contributed by atoms with E-state index in [2.05, 4.69) is 9.88 Å². The number of hydrogen-bond donors (Lipinski definition) is 1. The topological polar surface area (TPSA) is 68.5 Å². The van der Waals surface area contributed by atoms with Crippen molar-refractivity contribution in [1.29, 1.82) is 0 Å². The molecule has 1 aromatic rings. The average Bonchev–Trinajstić information content (AvgIpc) is 2.46. The monoisotopic (exact) mass is 249 g/mol. The first-order chi connectivity index (χ1) is 8.74. The molecule has 0 amide bonds. The second-order valence-electron chi connectivity index (χ2n) is 4.48. The maximum atomic E-state index is 11.4. The van der Waals surface area contributed by atoms with Crippen molar-refractivity contribution in [3.05, 3.63) is 23.9 Å². The third-order valence-electron chi connectivity index (χ3n) is 3.35. The van der Waals surface area contributed by atoms with Gasteiger partial charge in [-0.15, -0.1) is 0 Å². The molecule has 1 fully saturated rings. The van der Waals surface area contributed by atoms with Crippen LogP contribution >= 0.6 is 0 Å². The highest BCUT2D eigenvalue weighted by molar-refractivity contribution is 5.72. The first kappa shape index (κ1) is 12.8. The van der Waals surface area contributed by atoms with Gasteiger partial charge in [-0.3, -0.25) is 4.79 Å². The van der Waals surface area contributed by atoms with E-state index in [1.807, 2.05) is 18.2 Å². The van der Waals surface area contributed by atoms with E-state index >= 15 is 0 Å². The summed E-state index contributed by atoms with van der Waals surface area (Å²) in [5.41, 5.74) is 6.48. The SMILES string of the molecule is COC(=O)C1CCN(c2cccc(CN)n2)CC1. The van der Waals surface area contributed by atoms with Crippen LogP contribution in [-0.4, -0.2) is 31.2 Å². The molecule has 0 unspecified atom stereocenters. The van der Waals surface area contributed by atoms with Gasteiger partial charge in [0.2, 0.25) is 0 Å². The lowest BCUT2D eigenvalue weighted by Gasteiger charge is -2.31. The number of methoxy groups -OCH3 is 1. The van der Waals surface area contributed by atoms with E-state index in [0.29, 0.717) is 6.54 Å². The van der Waals surface area contributed by atoms with Crippen molar-refractivity contribution >= 4 is 11.8 Å². The van der Waals surface area contributed by atoms with E-state index in [4.69, 9.17) is 10.5 Å². The number of aromatic nitrogens is 1. The van der Waals surface area contributed by atoms with Gasteiger partial charge < -0.3 is 15.4 Å². The van der Waals surface area contributed by atoms with Crippen LogP contribution in [-0.2, 0) is 16.1 Å². The molecule has 1 aliphatic heterocycles. The molecule has 0 saturated carbocycles. The van der Waals surface area contributed by atoms with Gasteiger partial charge in [0.1, 0.15) is 5.82 Å². The van der Waals surface area contributed by atoms with Crippen LogP contribution in [0.3, 0.4) is 0 Å². The second-order valence-corrected chi connectivity index (χ2v) is 4.48. The summed E-state index contributed by atoms with van der Waals surface area (Å²) in [6, 6.07) is 5.87. The van der Waals surface area contributed by atoms with Crippen LogP contribution in [0.1, 0.15) is 18.5 Å². The third kappa shape index (κ3) is 2.79. The Balaban J connectivity index is 1.98. The highest BCUT2D eigenvalue weighted by Gasteiger charge is 2.26. The van der Waals surface area contributed by atoms with Crippen LogP contribution in [0.25, 0.3) is 0 Å². The van der Waals surface area contributed by atoms with E-state index in [-0.39, 0.29) is 11.9 Å². The quantitative estimate of drug-likeness (QED) is 0.807. The number of carbonyl (C=O) groups excluding carboxylic acids is 1. The molecule has 2 N–H and O–H groups in total. The minimum atomic E-state index is -0.0988. The van der Waals surface area contributed by atoms with Crippen LogP contribution < -0.4 is 10.6 Å². The summed E-state index contributed by atoms with van der Waals surface area (Å²) in [6.07, 6.45) is 1.64. The standard InChI is InChI=1S/C13H19N3O2/c1-18-13(17)10-5-7-16(8-6-10)12-4-2-3-11(9-14)15-12/h2-4,10H,5-9,14H2,1H3. The van der Waals surface area contributed by atoms with E-state index in [1.54, 1.807) is 0 Å². The largest absolute Gasteiger partial charge is 0.469 e. The minimum Gasteiger partial charge on any atom is -0.469 e. The van der Waals surface area contributed by atoms with Crippen LogP contribution in [0.5, 0.6) is 0 Å². The van der Waals surface area contributed by atoms with Gasteiger partial charge in [0.15, 0.2) is 0 Å². The number of carbonyl (C=O) groups is 1. The minimum absolute atomic E-state index is 0.0314. The predicted octanol–water partition coefficient (Wildman–Crippen LogP) is 0.930. The first-order valence-corrected chi connectivity index (χ1v) is 6.23. The summed E-state index contributed by atoms with van der Waals surface area (Å²) in [7, 11) is 1.45. The van der Waals surface area contributed by atoms with Crippen LogP contribution in [0.15, 0.2) is 18.2 Å². The number of esters is 1. The molecule has 0 spiro atoms. The number of piperidine rings is 1. The van der Waals surface area contributed by atoms with Crippen molar-refractivity contribution in [2.45, 2.75) is 19.4 Å². The molecule has 1 aromatic heterocycles. The normalized spacial score (nSPS) is 16.7. The van der Waals surface area contributed by atoms with Crippen molar-refractivity contribution in [1.82, 2.24) is 4.98 Å². The summed E-state index contributed by atoms with van der Waals surface area (Å²) in [5.74, 6) is 0.878. The highest BCUT2D eigenvalue weighted by atomic mass is 16.5. The molecule has 0 atom stereocenters. The lowest BCUT2D eigenvalue weighted by Crippen LogP contribution is -2.37. The van der Waals surface area contributed by atoms with Crippen molar-refractivity contribution in [2.75, 3.05) is 25.1 Å². The maximum Gasteiger partial charge on any atom is 0.308 e. The summed E-state index contributed by atoms with van der Waals surface area (Å²) in [6.45, 7) is 2.12. The van der Waals surface area contributed by atoms with E-state index in [0.717, 1.165) is 37.4 Å². The fourth-order valence-electron chi connectivity index (χ4n) is 2.27. The summed E-state index contributed by atoms with van der Waals surface area (Å²) >= 11 is 0. The zero-order valence-electron chi connectivity index (χ0n) is 10.6. The van der Waals surface area contributed by atoms with Crippen molar-refractivity contribution in [2.24, 2.45) is 11.7 Å². The summed E-state index contributed by atoms with van der Waals surface area (Å²) in [4.78, 5) is 18.1. The molecular weight excluding hydrogens is 230 g/mol. The van der Waals surface area contributed by atoms with Crippen LogP contribution in [0.4, 0.5) is 5.82 Å². The summed E-state index contributed by atoms with van der Waals surface area (Å²) < 4.78 is 4.78. The fourth-order valence-corrected chi connectivity index (χ4v) is 2.27. The molecule has 0 radical (unpaired) electrons. The molecule has 18 heavy (non-hydrogen) atoms. The molecule has 0 bridgehead atoms. The predicted molar refractivity (Wildman–Crippen MR) is 69.1 cm³/mol. The molecule has 5 nitrogen and oxygen atoms in total. The van der Waals surface area contributed by atoms with Gasteiger partial charge in [0, 0.05) is 19.6 Å². The highest BCUT2D eigenvalue weighted by Crippen LogP contribution is 2.22. The molecule has 2 rings (SSSR count). The first-order valence-electron chi connectivity index (χ1n) is 6.23. The third-order valence-corrected chi connectivity index (χ3v) is 3.35. The number of rotatable bonds is 3. The Bertz CT molecular complexity index is 414. The Labute approximate surface area is 107 Å². The van der Waals surface area contributed by atoms with Gasteiger partial charge in [-0.25, -0.2) is 4.98 Å². The van der Waals surface area contributed by atoms with Gasteiger partial charge in [-0.05, 0) is 25.0 Å². The van der Waals surface area contributed by atoms with Gasteiger partial charge in [0.05, 0.1) is 18.7 Å². The molecule has 1 aliphatic rings. The maximum absolute atomic E-state index is 11.4. The second kappa shape index (κ2) is 5.82. The van der Waals surface area contributed by atoms with Crippen LogP contribution in [0.2, 0.25) is 0 Å². The van der Waals surface area contributed by atoms with Gasteiger partial charge >= 0.3 is 5.97 Å². The Morgan fingerprint density at radius 3 is 2.83 bits per heavy atom. The molecule has 5 heteroatoms. The number of anilines is 1. The number of pyridine rings is 1. The molecule has 0 aromatic carbocycles. The number of ether oxygens (including phenoxy) is 1. The zero-order chi connectivity index (χ0) is 13.0. The Morgan fingerprint density at radius 1 is 1.50 bits per heavy atom.